The minimum atomic E-state index is -0.921. The van der Waals surface area contributed by atoms with E-state index in [-0.39, 0.29) is 12.5 Å². The van der Waals surface area contributed by atoms with E-state index in [4.69, 9.17) is 9.84 Å². The molecule has 1 amide bonds. The second kappa shape index (κ2) is 7.22. The number of carboxylic acid groups (broad SMARTS) is 1. The SMILES string of the molecule is CCOCCCC(=O)NCC(C)(C)C(=O)O. The van der Waals surface area contributed by atoms with Crippen molar-refractivity contribution in [1.82, 2.24) is 5.32 Å². The number of carbonyl (C=O) groups excluding carboxylic acids is 1. The third kappa shape index (κ3) is 6.40. The molecule has 5 heteroatoms. The second-order valence-electron chi connectivity index (χ2n) is 4.27. The van der Waals surface area contributed by atoms with Gasteiger partial charge in [-0.15, -0.1) is 0 Å². The van der Waals surface area contributed by atoms with Crippen LogP contribution in [-0.2, 0) is 14.3 Å². The van der Waals surface area contributed by atoms with Crippen molar-refractivity contribution in [3.63, 3.8) is 0 Å². The maximum Gasteiger partial charge on any atom is 0.310 e. The van der Waals surface area contributed by atoms with E-state index in [0.29, 0.717) is 26.1 Å². The maximum absolute atomic E-state index is 11.3. The van der Waals surface area contributed by atoms with Gasteiger partial charge in [-0.2, -0.15) is 0 Å². The molecule has 5 nitrogen and oxygen atoms in total. The summed E-state index contributed by atoms with van der Waals surface area (Å²) in [5, 5.41) is 11.4. The molecule has 0 bridgehead atoms. The van der Waals surface area contributed by atoms with Gasteiger partial charge in [-0.05, 0) is 27.2 Å². The molecule has 16 heavy (non-hydrogen) atoms. The highest BCUT2D eigenvalue weighted by molar-refractivity contribution is 5.78. The Morgan fingerprint density at radius 3 is 2.50 bits per heavy atom. The highest BCUT2D eigenvalue weighted by atomic mass is 16.5. The number of nitrogens with one attached hydrogen (secondary N) is 1. The van der Waals surface area contributed by atoms with Gasteiger partial charge >= 0.3 is 5.97 Å². The van der Waals surface area contributed by atoms with Crippen LogP contribution in [0.2, 0.25) is 0 Å². The average Bonchev–Trinajstić information content (AvgIpc) is 2.21. The molecule has 0 aromatic carbocycles. The lowest BCUT2D eigenvalue weighted by Crippen LogP contribution is -2.38. The number of carboxylic acids is 1. The fourth-order valence-electron chi connectivity index (χ4n) is 0.963. The predicted octanol–water partition coefficient (Wildman–Crippen LogP) is 1.03. The van der Waals surface area contributed by atoms with E-state index in [0.717, 1.165) is 0 Å². The van der Waals surface area contributed by atoms with Gasteiger partial charge in [0.1, 0.15) is 0 Å². The zero-order chi connectivity index (χ0) is 12.6. The van der Waals surface area contributed by atoms with Gasteiger partial charge in [-0.3, -0.25) is 9.59 Å². The maximum atomic E-state index is 11.3. The molecule has 0 aliphatic rings. The van der Waals surface area contributed by atoms with Gasteiger partial charge in [0.25, 0.3) is 0 Å². The Labute approximate surface area is 96.2 Å². The topological polar surface area (TPSA) is 75.6 Å². The van der Waals surface area contributed by atoms with Crippen molar-refractivity contribution in [1.29, 1.82) is 0 Å². The van der Waals surface area contributed by atoms with Crippen LogP contribution in [0.4, 0.5) is 0 Å². The van der Waals surface area contributed by atoms with Crippen LogP contribution < -0.4 is 5.32 Å². The Kier molecular flexibility index (Phi) is 6.72. The molecule has 0 aliphatic heterocycles. The number of hydrogen-bond acceptors (Lipinski definition) is 3. The molecule has 0 radical (unpaired) electrons. The fourth-order valence-corrected chi connectivity index (χ4v) is 0.963. The monoisotopic (exact) mass is 231 g/mol. The van der Waals surface area contributed by atoms with Gasteiger partial charge in [0, 0.05) is 26.2 Å². The molecule has 2 N–H and O–H groups in total. The Hall–Kier alpha value is -1.10. The third-order valence-corrected chi connectivity index (χ3v) is 2.20. The third-order valence-electron chi connectivity index (χ3n) is 2.20. The fraction of sp³-hybridized carbons (Fsp3) is 0.818. The minimum Gasteiger partial charge on any atom is -0.481 e. The molecular weight excluding hydrogens is 210 g/mol. The smallest absolute Gasteiger partial charge is 0.310 e. The Morgan fingerprint density at radius 2 is 2.00 bits per heavy atom. The van der Waals surface area contributed by atoms with E-state index in [1.54, 1.807) is 13.8 Å². The minimum absolute atomic E-state index is 0.131. The van der Waals surface area contributed by atoms with Gasteiger partial charge in [-0.25, -0.2) is 0 Å². The number of aliphatic carboxylic acids is 1. The van der Waals surface area contributed by atoms with E-state index in [2.05, 4.69) is 5.32 Å². The van der Waals surface area contributed by atoms with E-state index < -0.39 is 11.4 Å². The first-order valence-corrected chi connectivity index (χ1v) is 5.48. The van der Waals surface area contributed by atoms with Crippen molar-refractivity contribution in [2.24, 2.45) is 5.41 Å². The van der Waals surface area contributed by atoms with Crippen LogP contribution in [0.1, 0.15) is 33.6 Å². The summed E-state index contributed by atoms with van der Waals surface area (Å²) in [4.78, 5) is 22.1. The first-order valence-electron chi connectivity index (χ1n) is 5.48. The van der Waals surface area contributed by atoms with Crippen LogP contribution in [0.25, 0.3) is 0 Å². The van der Waals surface area contributed by atoms with Crippen LogP contribution in [-0.4, -0.2) is 36.7 Å². The Balaban J connectivity index is 3.69. The van der Waals surface area contributed by atoms with E-state index in [9.17, 15) is 9.59 Å². The summed E-state index contributed by atoms with van der Waals surface area (Å²) in [5.74, 6) is -1.05. The van der Waals surface area contributed by atoms with Crippen LogP contribution in [0, 0.1) is 5.41 Å². The molecule has 0 aromatic heterocycles. The van der Waals surface area contributed by atoms with Crippen LogP contribution in [0.15, 0.2) is 0 Å². The predicted molar refractivity (Wildman–Crippen MR) is 60.2 cm³/mol. The summed E-state index contributed by atoms with van der Waals surface area (Å²) in [5.41, 5.74) is -0.921. The largest absolute Gasteiger partial charge is 0.481 e. The lowest BCUT2D eigenvalue weighted by atomic mass is 9.94. The Morgan fingerprint density at radius 1 is 1.38 bits per heavy atom. The molecule has 0 unspecified atom stereocenters. The summed E-state index contributed by atoms with van der Waals surface area (Å²) in [7, 11) is 0. The number of rotatable bonds is 8. The molecule has 0 aliphatic carbocycles. The molecule has 94 valence electrons. The number of ether oxygens (including phenoxy) is 1. The van der Waals surface area contributed by atoms with Crippen molar-refractivity contribution in [2.45, 2.75) is 33.6 Å². The number of amides is 1. The quantitative estimate of drug-likeness (QED) is 0.612. The van der Waals surface area contributed by atoms with E-state index in [1.807, 2.05) is 6.92 Å². The molecular formula is C11H21NO4. The van der Waals surface area contributed by atoms with Crippen molar-refractivity contribution in [3.8, 4) is 0 Å². The van der Waals surface area contributed by atoms with Crippen molar-refractivity contribution in [2.75, 3.05) is 19.8 Å². The summed E-state index contributed by atoms with van der Waals surface area (Å²) >= 11 is 0. The standard InChI is InChI=1S/C11H21NO4/c1-4-16-7-5-6-9(13)12-8-11(2,3)10(14)15/h4-8H2,1-3H3,(H,12,13)(H,14,15). The number of carbonyl (C=O) groups is 2. The average molecular weight is 231 g/mol. The number of hydrogen-bond donors (Lipinski definition) is 2. The van der Waals surface area contributed by atoms with Crippen LogP contribution in [0.3, 0.4) is 0 Å². The van der Waals surface area contributed by atoms with Gasteiger partial charge < -0.3 is 15.2 Å². The summed E-state index contributed by atoms with van der Waals surface area (Å²) in [6.45, 7) is 6.41. The second-order valence-corrected chi connectivity index (χ2v) is 4.27. The normalized spacial score (nSPS) is 11.2. The molecule has 0 aromatic rings. The lowest BCUT2D eigenvalue weighted by Gasteiger charge is -2.19. The highest BCUT2D eigenvalue weighted by Gasteiger charge is 2.27. The van der Waals surface area contributed by atoms with E-state index >= 15 is 0 Å². The molecule has 0 atom stereocenters. The summed E-state index contributed by atoms with van der Waals surface area (Å²) in [6, 6.07) is 0. The molecule has 0 fully saturated rings. The Bertz CT molecular complexity index is 238. The first-order chi connectivity index (χ1) is 7.40. The molecule has 0 spiro atoms. The molecule has 0 saturated carbocycles. The molecule has 0 saturated heterocycles. The lowest BCUT2D eigenvalue weighted by molar-refractivity contribution is -0.146. The van der Waals surface area contributed by atoms with Crippen LogP contribution in [0.5, 0.6) is 0 Å². The van der Waals surface area contributed by atoms with Gasteiger partial charge in [0.05, 0.1) is 5.41 Å². The highest BCUT2D eigenvalue weighted by Crippen LogP contribution is 2.13. The van der Waals surface area contributed by atoms with Crippen LogP contribution >= 0.6 is 0 Å². The molecule has 0 rings (SSSR count). The zero-order valence-corrected chi connectivity index (χ0v) is 10.2. The van der Waals surface area contributed by atoms with Crippen molar-refractivity contribution in [3.05, 3.63) is 0 Å². The van der Waals surface area contributed by atoms with E-state index in [1.165, 1.54) is 0 Å². The zero-order valence-electron chi connectivity index (χ0n) is 10.2. The molecule has 0 heterocycles. The van der Waals surface area contributed by atoms with Crippen molar-refractivity contribution >= 4 is 11.9 Å². The first kappa shape index (κ1) is 14.9. The van der Waals surface area contributed by atoms with Gasteiger partial charge in [-0.1, -0.05) is 0 Å². The van der Waals surface area contributed by atoms with Gasteiger partial charge in [0.2, 0.25) is 5.91 Å². The summed E-state index contributed by atoms with van der Waals surface area (Å²) < 4.78 is 5.09. The van der Waals surface area contributed by atoms with Crippen molar-refractivity contribution < 1.29 is 19.4 Å². The summed E-state index contributed by atoms with van der Waals surface area (Å²) in [6.07, 6.45) is 1.03. The van der Waals surface area contributed by atoms with Gasteiger partial charge in [0.15, 0.2) is 0 Å².